The maximum atomic E-state index is 12.3. The smallest absolute Gasteiger partial charge is 0.159 e. The molecule has 96 valence electrons. The summed E-state index contributed by atoms with van der Waals surface area (Å²) < 4.78 is 0. The Kier molecular flexibility index (Phi) is 3.70. The van der Waals surface area contributed by atoms with E-state index in [1.165, 1.54) is 11.1 Å². The van der Waals surface area contributed by atoms with Crippen molar-refractivity contribution in [2.45, 2.75) is 46.5 Å². The van der Waals surface area contributed by atoms with E-state index in [1.807, 2.05) is 25.1 Å². The molecule has 1 heteroatoms. The number of allylic oxidation sites excluding steroid dienone is 2. The van der Waals surface area contributed by atoms with E-state index >= 15 is 0 Å². The van der Waals surface area contributed by atoms with Gasteiger partial charge in [0.05, 0.1) is 0 Å². The van der Waals surface area contributed by atoms with Crippen molar-refractivity contribution in [3.05, 3.63) is 41.5 Å². The maximum Gasteiger partial charge on any atom is 0.159 e. The molecule has 0 aromatic heterocycles. The zero-order valence-electron chi connectivity index (χ0n) is 11.6. The Balaban J connectivity index is 2.45. The van der Waals surface area contributed by atoms with Crippen LogP contribution in [0.5, 0.6) is 0 Å². The fraction of sp³-hybridized carbons (Fsp3) is 0.471. The molecule has 1 nitrogen and oxygen atoms in total. The third kappa shape index (κ3) is 2.27. The van der Waals surface area contributed by atoms with E-state index in [4.69, 9.17) is 0 Å². The number of carbonyl (C=O) groups is 1. The predicted octanol–water partition coefficient (Wildman–Crippen LogP) is 4.63. The van der Waals surface area contributed by atoms with Gasteiger partial charge in [0.25, 0.3) is 0 Å². The first-order valence-electron chi connectivity index (χ1n) is 6.90. The summed E-state index contributed by atoms with van der Waals surface area (Å²) in [6, 6.07) is 10.4. The molecule has 0 heterocycles. The van der Waals surface area contributed by atoms with Gasteiger partial charge in [-0.15, -0.1) is 0 Å². The highest BCUT2D eigenvalue weighted by Crippen LogP contribution is 2.45. The van der Waals surface area contributed by atoms with Crippen LogP contribution in [0.1, 0.15) is 52.0 Å². The summed E-state index contributed by atoms with van der Waals surface area (Å²) in [4.78, 5) is 12.3. The molecule has 0 saturated carbocycles. The molecule has 0 unspecified atom stereocenters. The summed E-state index contributed by atoms with van der Waals surface area (Å²) in [5.74, 6) is 0.337. The number of ketones is 1. The number of benzene rings is 1. The van der Waals surface area contributed by atoms with Crippen molar-refractivity contribution in [1.29, 1.82) is 0 Å². The van der Waals surface area contributed by atoms with E-state index in [0.29, 0.717) is 5.78 Å². The lowest BCUT2D eigenvalue weighted by Gasteiger charge is -2.37. The molecule has 0 atom stereocenters. The van der Waals surface area contributed by atoms with Gasteiger partial charge in [-0.25, -0.2) is 0 Å². The van der Waals surface area contributed by atoms with Crippen molar-refractivity contribution in [2.75, 3.05) is 0 Å². The molecule has 0 aliphatic heterocycles. The Bertz CT molecular complexity index is 464. The van der Waals surface area contributed by atoms with Crippen molar-refractivity contribution in [3.8, 4) is 0 Å². The normalized spacial score (nSPS) is 19.2. The minimum absolute atomic E-state index is 0.182. The van der Waals surface area contributed by atoms with Gasteiger partial charge in [0.1, 0.15) is 0 Å². The average Bonchev–Trinajstić information content (AvgIpc) is 2.43. The highest BCUT2D eigenvalue weighted by Gasteiger charge is 2.36. The zero-order valence-corrected chi connectivity index (χ0v) is 11.6. The van der Waals surface area contributed by atoms with Crippen LogP contribution >= 0.6 is 0 Å². The van der Waals surface area contributed by atoms with Gasteiger partial charge in [-0.1, -0.05) is 44.2 Å². The molecule has 1 aliphatic carbocycles. The highest BCUT2D eigenvalue weighted by molar-refractivity contribution is 6.04. The number of carbonyl (C=O) groups excluding carboxylic acids is 1. The zero-order chi connectivity index (χ0) is 13.2. The van der Waals surface area contributed by atoms with Gasteiger partial charge in [0.15, 0.2) is 5.78 Å². The van der Waals surface area contributed by atoms with Gasteiger partial charge in [-0.05, 0) is 48.3 Å². The van der Waals surface area contributed by atoms with Gasteiger partial charge in [-0.3, -0.25) is 4.79 Å². The van der Waals surface area contributed by atoms with Gasteiger partial charge < -0.3 is 0 Å². The van der Waals surface area contributed by atoms with Crippen molar-refractivity contribution in [2.24, 2.45) is 5.41 Å². The second-order valence-corrected chi connectivity index (χ2v) is 5.45. The van der Waals surface area contributed by atoms with Crippen molar-refractivity contribution >= 4 is 11.4 Å². The molecule has 1 aromatic carbocycles. The molecule has 1 aromatic rings. The molecule has 0 fully saturated rings. The van der Waals surface area contributed by atoms with E-state index < -0.39 is 0 Å². The Labute approximate surface area is 110 Å². The molecule has 18 heavy (non-hydrogen) atoms. The van der Waals surface area contributed by atoms with E-state index in [9.17, 15) is 4.79 Å². The fourth-order valence-electron chi connectivity index (χ4n) is 2.92. The minimum atomic E-state index is 0.182. The number of Topliss-reactive ketones (excluding diaryl/α,β-unsaturated/α-hetero) is 1. The maximum absolute atomic E-state index is 12.3. The van der Waals surface area contributed by atoms with Crippen molar-refractivity contribution in [3.63, 3.8) is 0 Å². The van der Waals surface area contributed by atoms with E-state index in [-0.39, 0.29) is 5.41 Å². The first-order valence-corrected chi connectivity index (χ1v) is 6.90. The third-order valence-electron chi connectivity index (χ3n) is 4.58. The summed E-state index contributed by atoms with van der Waals surface area (Å²) in [5, 5.41) is 0. The lowest BCUT2D eigenvalue weighted by Crippen LogP contribution is -2.28. The molecule has 0 bridgehead atoms. The van der Waals surface area contributed by atoms with Gasteiger partial charge in [-0.2, -0.15) is 0 Å². The summed E-state index contributed by atoms with van der Waals surface area (Å²) in [6.45, 7) is 6.40. The molecule has 0 saturated heterocycles. The van der Waals surface area contributed by atoms with Crippen LogP contribution in [0.15, 0.2) is 35.9 Å². The van der Waals surface area contributed by atoms with Crippen molar-refractivity contribution < 1.29 is 4.79 Å². The first kappa shape index (κ1) is 13.1. The molecular weight excluding hydrogens is 220 g/mol. The molecule has 0 spiro atoms. The quantitative estimate of drug-likeness (QED) is 0.755. The van der Waals surface area contributed by atoms with Crippen molar-refractivity contribution in [1.82, 2.24) is 0 Å². The summed E-state index contributed by atoms with van der Waals surface area (Å²) in [7, 11) is 0. The van der Waals surface area contributed by atoms with Crippen LogP contribution in [-0.4, -0.2) is 5.78 Å². The number of hydrogen-bond acceptors (Lipinski definition) is 1. The Morgan fingerprint density at radius 3 is 2.22 bits per heavy atom. The Morgan fingerprint density at radius 1 is 1.06 bits per heavy atom. The molecule has 0 N–H and O–H groups in total. The standard InChI is InChI=1S/C17H22O/c1-4-17(5-2)11-15(13(3)16(18)12-17)14-9-7-6-8-10-14/h6-10H,4-5,11-12H2,1-3H3. The van der Waals surface area contributed by atoms with Crippen LogP contribution in [0.25, 0.3) is 5.57 Å². The second-order valence-electron chi connectivity index (χ2n) is 5.45. The highest BCUT2D eigenvalue weighted by atomic mass is 16.1. The largest absolute Gasteiger partial charge is 0.295 e. The summed E-state index contributed by atoms with van der Waals surface area (Å²) in [6.07, 6.45) is 3.93. The van der Waals surface area contributed by atoms with Crippen LogP contribution in [-0.2, 0) is 4.79 Å². The molecular formula is C17H22O. The SMILES string of the molecule is CCC1(CC)CC(=O)C(C)=C(c2ccccc2)C1. The van der Waals surface area contributed by atoms with E-state index in [1.54, 1.807) is 0 Å². The van der Waals surface area contributed by atoms with Gasteiger partial charge in [0.2, 0.25) is 0 Å². The molecule has 2 rings (SSSR count). The lowest BCUT2D eigenvalue weighted by molar-refractivity contribution is -0.118. The Morgan fingerprint density at radius 2 is 1.67 bits per heavy atom. The van der Waals surface area contributed by atoms with Crippen LogP contribution in [0.2, 0.25) is 0 Å². The van der Waals surface area contributed by atoms with E-state index in [0.717, 1.165) is 31.3 Å². The van der Waals surface area contributed by atoms with Crippen LogP contribution in [0.3, 0.4) is 0 Å². The first-order chi connectivity index (χ1) is 8.62. The van der Waals surface area contributed by atoms with Crippen LogP contribution in [0.4, 0.5) is 0 Å². The van der Waals surface area contributed by atoms with Crippen LogP contribution in [0, 0.1) is 5.41 Å². The van der Waals surface area contributed by atoms with Gasteiger partial charge in [0, 0.05) is 6.42 Å². The molecule has 0 amide bonds. The second kappa shape index (κ2) is 5.09. The average molecular weight is 242 g/mol. The fourth-order valence-corrected chi connectivity index (χ4v) is 2.92. The lowest BCUT2D eigenvalue weighted by atomic mass is 9.67. The minimum Gasteiger partial charge on any atom is -0.295 e. The van der Waals surface area contributed by atoms with Crippen LogP contribution < -0.4 is 0 Å². The Hall–Kier alpha value is -1.37. The third-order valence-corrected chi connectivity index (χ3v) is 4.58. The number of rotatable bonds is 3. The topological polar surface area (TPSA) is 17.1 Å². The monoisotopic (exact) mass is 242 g/mol. The molecule has 1 aliphatic rings. The van der Waals surface area contributed by atoms with E-state index in [2.05, 4.69) is 26.0 Å². The predicted molar refractivity (Wildman–Crippen MR) is 76.3 cm³/mol. The summed E-state index contributed by atoms with van der Waals surface area (Å²) in [5.41, 5.74) is 3.63. The molecule has 0 radical (unpaired) electrons. The summed E-state index contributed by atoms with van der Waals surface area (Å²) >= 11 is 0. The van der Waals surface area contributed by atoms with Gasteiger partial charge >= 0.3 is 0 Å². The number of hydrogen-bond donors (Lipinski definition) is 0.